The molecule has 0 fully saturated rings. The average Bonchev–Trinajstić information content (AvgIpc) is 2.45. The number of aromatic nitrogens is 1. The number of benzene rings is 1. The molecule has 0 unspecified atom stereocenters. The third kappa shape index (κ3) is 4.00. The van der Waals surface area contributed by atoms with Gasteiger partial charge < -0.3 is 14.6 Å². The molecule has 1 aromatic heterocycles. The van der Waals surface area contributed by atoms with E-state index in [1.807, 2.05) is 17.6 Å². The zero-order valence-corrected chi connectivity index (χ0v) is 12.2. The van der Waals surface area contributed by atoms with Gasteiger partial charge in [0.05, 0.1) is 6.61 Å². The average molecular weight is 290 g/mol. The lowest BCUT2D eigenvalue weighted by Gasteiger charge is -2.13. The van der Waals surface area contributed by atoms with Crippen LogP contribution in [0.15, 0.2) is 41.3 Å². The first kappa shape index (κ1) is 15.4. The lowest BCUT2D eigenvalue weighted by atomic mass is 10.2. The first-order chi connectivity index (χ1) is 10.1. The van der Waals surface area contributed by atoms with Gasteiger partial charge in [-0.3, -0.25) is 4.79 Å². The summed E-state index contributed by atoms with van der Waals surface area (Å²) in [6, 6.07) is 7.87. The van der Waals surface area contributed by atoms with E-state index in [4.69, 9.17) is 4.74 Å². The van der Waals surface area contributed by atoms with Gasteiger partial charge in [0.2, 0.25) is 0 Å². The maximum absolute atomic E-state index is 13.4. The summed E-state index contributed by atoms with van der Waals surface area (Å²) in [6.45, 7) is 3.54. The molecule has 4 nitrogen and oxygen atoms in total. The molecule has 0 saturated heterocycles. The Balaban J connectivity index is 2.28. The highest BCUT2D eigenvalue weighted by atomic mass is 19.1. The van der Waals surface area contributed by atoms with E-state index >= 15 is 0 Å². The lowest BCUT2D eigenvalue weighted by Crippen LogP contribution is -2.24. The molecule has 0 bridgehead atoms. The van der Waals surface area contributed by atoms with Crippen molar-refractivity contribution in [3.05, 3.63) is 63.8 Å². The Labute approximate surface area is 123 Å². The molecule has 0 aliphatic rings. The number of hydrogen-bond donors (Lipinski definition) is 1. The van der Waals surface area contributed by atoms with Gasteiger partial charge in [-0.25, -0.2) is 4.39 Å². The van der Waals surface area contributed by atoms with Gasteiger partial charge in [-0.05, 0) is 25.1 Å². The number of methoxy groups -OCH3 is 1. The van der Waals surface area contributed by atoms with Gasteiger partial charge >= 0.3 is 0 Å². The van der Waals surface area contributed by atoms with Crippen molar-refractivity contribution in [2.75, 3.05) is 20.3 Å². The van der Waals surface area contributed by atoms with Crippen LogP contribution in [0.2, 0.25) is 0 Å². The number of ether oxygens (including phenoxy) is 1. The molecule has 1 N–H and O–H groups in total. The first-order valence-electron chi connectivity index (χ1n) is 6.79. The minimum atomic E-state index is -0.301. The van der Waals surface area contributed by atoms with E-state index in [0.717, 1.165) is 5.69 Å². The molecule has 1 heterocycles. The molecule has 0 aliphatic carbocycles. The molecule has 2 rings (SSSR count). The third-order valence-electron chi connectivity index (χ3n) is 3.21. The van der Waals surface area contributed by atoms with Gasteiger partial charge in [0.15, 0.2) is 5.43 Å². The molecule has 0 amide bonds. The second kappa shape index (κ2) is 7.15. The van der Waals surface area contributed by atoms with Crippen LogP contribution in [-0.4, -0.2) is 24.8 Å². The number of aryl methyl sites for hydroxylation is 1. The Morgan fingerprint density at radius 1 is 1.33 bits per heavy atom. The minimum absolute atomic E-state index is 0.0231. The first-order valence-corrected chi connectivity index (χ1v) is 6.79. The van der Waals surface area contributed by atoms with Gasteiger partial charge in [0, 0.05) is 49.4 Å². The van der Waals surface area contributed by atoms with Crippen LogP contribution in [-0.2, 0) is 11.3 Å². The van der Waals surface area contributed by atoms with Crippen LogP contribution in [0, 0.1) is 12.7 Å². The predicted molar refractivity (Wildman–Crippen MR) is 80.3 cm³/mol. The Bertz CT molecular complexity index is 668. The molecule has 0 radical (unpaired) electrons. The van der Waals surface area contributed by atoms with Crippen LogP contribution in [0.5, 0.6) is 0 Å². The molecular formula is C16H19FN2O2. The van der Waals surface area contributed by atoms with Gasteiger partial charge in [-0.15, -0.1) is 0 Å². The number of nitrogens with zero attached hydrogens (tertiary/aromatic N) is 1. The number of nitrogens with one attached hydrogen (secondary N) is 1. The molecule has 1 aromatic carbocycles. The fourth-order valence-corrected chi connectivity index (χ4v) is 2.11. The number of hydrogen-bond acceptors (Lipinski definition) is 3. The predicted octanol–water partition coefficient (Wildman–Crippen LogP) is 2.02. The van der Waals surface area contributed by atoms with Crippen molar-refractivity contribution in [3.63, 3.8) is 0 Å². The zero-order valence-electron chi connectivity index (χ0n) is 12.2. The standard InChI is InChI=1S/C16H19FN2O2/c1-12-8-16(20)13(10-18-6-7-21-2)11-19(12)15-5-3-4-14(17)9-15/h3-5,8-9,11,18H,6-7,10H2,1-2H3. The Morgan fingerprint density at radius 2 is 2.14 bits per heavy atom. The molecule has 0 saturated carbocycles. The van der Waals surface area contributed by atoms with Crippen molar-refractivity contribution in [3.8, 4) is 5.69 Å². The summed E-state index contributed by atoms with van der Waals surface area (Å²) in [5, 5.41) is 3.14. The number of pyridine rings is 1. The van der Waals surface area contributed by atoms with E-state index < -0.39 is 0 Å². The van der Waals surface area contributed by atoms with E-state index in [1.54, 1.807) is 25.4 Å². The zero-order chi connectivity index (χ0) is 15.2. The molecular weight excluding hydrogens is 271 g/mol. The van der Waals surface area contributed by atoms with Crippen LogP contribution in [0.25, 0.3) is 5.69 Å². The summed E-state index contributed by atoms with van der Waals surface area (Å²) in [5.41, 5.74) is 2.09. The summed E-state index contributed by atoms with van der Waals surface area (Å²) in [4.78, 5) is 12.0. The summed E-state index contributed by atoms with van der Waals surface area (Å²) in [7, 11) is 1.63. The van der Waals surface area contributed by atoms with Crippen molar-refractivity contribution in [1.29, 1.82) is 0 Å². The summed E-state index contributed by atoms with van der Waals surface area (Å²) >= 11 is 0. The second-order valence-electron chi connectivity index (χ2n) is 4.82. The van der Waals surface area contributed by atoms with Crippen LogP contribution in [0.1, 0.15) is 11.3 Å². The molecule has 2 aromatic rings. The molecule has 112 valence electrons. The monoisotopic (exact) mass is 290 g/mol. The van der Waals surface area contributed by atoms with Gasteiger partial charge in [-0.2, -0.15) is 0 Å². The molecule has 21 heavy (non-hydrogen) atoms. The second-order valence-corrected chi connectivity index (χ2v) is 4.82. The quantitative estimate of drug-likeness (QED) is 0.828. The van der Waals surface area contributed by atoms with E-state index in [1.165, 1.54) is 12.1 Å². The van der Waals surface area contributed by atoms with Crippen LogP contribution in [0.3, 0.4) is 0 Å². The highest BCUT2D eigenvalue weighted by Gasteiger charge is 2.06. The molecule has 0 spiro atoms. The smallest absolute Gasteiger partial charge is 0.186 e. The van der Waals surface area contributed by atoms with Crippen molar-refractivity contribution in [2.24, 2.45) is 0 Å². The Morgan fingerprint density at radius 3 is 2.86 bits per heavy atom. The summed E-state index contributed by atoms with van der Waals surface area (Å²) in [5.74, 6) is -0.301. The maximum Gasteiger partial charge on any atom is 0.186 e. The van der Waals surface area contributed by atoms with Crippen LogP contribution >= 0.6 is 0 Å². The van der Waals surface area contributed by atoms with E-state index in [-0.39, 0.29) is 11.2 Å². The fourth-order valence-electron chi connectivity index (χ4n) is 2.11. The normalized spacial score (nSPS) is 10.8. The number of rotatable bonds is 6. The highest BCUT2D eigenvalue weighted by molar-refractivity contribution is 5.35. The van der Waals surface area contributed by atoms with Crippen molar-refractivity contribution < 1.29 is 9.13 Å². The van der Waals surface area contributed by atoms with Crippen LogP contribution < -0.4 is 10.7 Å². The Kier molecular flexibility index (Phi) is 5.25. The number of halogens is 1. The topological polar surface area (TPSA) is 43.3 Å². The van der Waals surface area contributed by atoms with E-state index in [2.05, 4.69) is 5.32 Å². The molecule has 5 heteroatoms. The van der Waals surface area contributed by atoms with Crippen molar-refractivity contribution >= 4 is 0 Å². The largest absolute Gasteiger partial charge is 0.383 e. The maximum atomic E-state index is 13.4. The fraction of sp³-hybridized carbons (Fsp3) is 0.312. The van der Waals surface area contributed by atoms with Crippen molar-refractivity contribution in [2.45, 2.75) is 13.5 Å². The summed E-state index contributed by atoms with van der Waals surface area (Å²) in [6.07, 6.45) is 1.76. The van der Waals surface area contributed by atoms with Crippen LogP contribution in [0.4, 0.5) is 4.39 Å². The van der Waals surface area contributed by atoms with E-state index in [0.29, 0.717) is 30.9 Å². The Hall–Kier alpha value is -1.98. The highest BCUT2D eigenvalue weighted by Crippen LogP contribution is 2.12. The third-order valence-corrected chi connectivity index (χ3v) is 3.21. The molecule has 0 aliphatic heterocycles. The van der Waals surface area contributed by atoms with Gasteiger partial charge in [0.1, 0.15) is 5.82 Å². The van der Waals surface area contributed by atoms with Gasteiger partial charge in [0.25, 0.3) is 0 Å². The molecule has 0 atom stereocenters. The van der Waals surface area contributed by atoms with Crippen molar-refractivity contribution in [1.82, 2.24) is 9.88 Å². The summed E-state index contributed by atoms with van der Waals surface area (Å²) < 4.78 is 20.1. The van der Waals surface area contributed by atoms with Gasteiger partial charge in [-0.1, -0.05) is 6.07 Å². The lowest BCUT2D eigenvalue weighted by molar-refractivity contribution is 0.199. The van der Waals surface area contributed by atoms with E-state index in [9.17, 15) is 9.18 Å². The minimum Gasteiger partial charge on any atom is -0.383 e. The SMILES string of the molecule is COCCNCc1cn(-c2cccc(F)c2)c(C)cc1=O.